The van der Waals surface area contributed by atoms with E-state index in [9.17, 15) is 4.79 Å². The Morgan fingerprint density at radius 2 is 1.79 bits per heavy atom. The largest absolute Gasteiger partial charge is 0.312 e. The third-order valence-corrected chi connectivity index (χ3v) is 6.23. The predicted molar refractivity (Wildman–Crippen MR) is 116 cm³/mol. The van der Waals surface area contributed by atoms with E-state index >= 15 is 0 Å². The van der Waals surface area contributed by atoms with Crippen LogP contribution in [0, 0.1) is 0 Å². The fourth-order valence-electron chi connectivity index (χ4n) is 4.70. The summed E-state index contributed by atoms with van der Waals surface area (Å²) < 4.78 is 3.79. The van der Waals surface area contributed by atoms with Gasteiger partial charge in [-0.2, -0.15) is 5.10 Å². The molecule has 0 amide bonds. The van der Waals surface area contributed by atoms with Gasteiger partial charge < -0.3 is 4.57 Å². The number of hydrogen-bond acceptors (Lipinski definition) is 3. The van der Waals surface area contributed by atoms with Crippen molar-refractivity contribution >= 4 is 16.6 Å². The fourth-order valence-corrected chi connectivity index (χ4v) is 4.70. The quantitative estimate of drug-likeness (QED) is 0.457. The Hall–Kier alpha value is -2.95. The summed E-state index contributed by atoms with van der Waals surface area (Å²) in [5.41, 5.74) is 4.87. The Balaban J connectivity index is 1.71. The summed E-state index contributed by atoms with van der Waals surface area (Å²) in [6, 6.07) is 12.6. The van der Waals surface area contributed by atoms with E-state index in [1.807, 2.05) is 39.5 Å². The van der Waals surface area contributed by atoms with Crippen molar-refractivity contribution in [3.63, 3.8) is 0 Å². The van der Waals surface area contributed by atoms with Crippen LogP contribution in [0.25, 0.3) is 27.7 Å². The molecule has 0 saturated heterocycles. The van der Waals surface area contributed by atoms with Gasteiger partial charge in [-0.3, -0.25) is 4.79 Å². The first kappa shape index (κ1) is 18.1. The number of rotatable bonds is 3. The summed E-state index contributed by atoms with van der Waals surface area (Å²) in [7, 11) is 0. The van der Waals surface area contributed by atoms with E-state index in [2.05, 4.69) is 19.1 Å². The van der Waals surface area contributed by atoms with Gasteiger partial charge in [-0.05, 0) is 30.9 Å². The molecule has 1 fully saturated rings. The Morgan fingerprint density at radius 3 is 2.52 bits per heavy atom. The van der Waals surface area contributed by atoms with Crippen molar-refractivity contribution in [3.8, 4) is 11.1 Å². The van der Waals surface area contributed by atoms with Gasteiger partial charge >= 0.3 is 0 Å². The van der Waals surface area contributed by atoms with Gasteiger partial charge in [0.05, 0.1) is 16.6 Å². The number of aromatic nitrogens is 4. The second kappa shape index (κ2) is 7.47. The minimum Gasteiger partial charge on any atom is -0.312 e. The van der Waals surface area contributed by atoms with E-state index in [1.54, 1.807) is 6.20 Å². The van der Waals surface area contributed by atoms with Gasteiger partial charge in [-0.25, -0.2) is 9.50 Å². The van der Waals surface area contributed by atoms with Gasteiger partial charge in [0.2, 0.25) is 0 Å². The number of fused-ring (bicyclic) bond motifs is 3. The van der Waals surface area contributed by atoms with Crippen LogP contribution in [0.3, 0.4) is 0 Å². The van der Waals surface area contributed by atoms with Crippen molar-refractivity contribution in [2.75, 3.05) is 0 Å². The van der Waals surface area contributed by atoms with Gasteiger partial charge in [-0.1, -0.05) is 62.9 Å². The van der Waals surface area contributed by atoms with Crippen molar-refractivity contribution in [1.29, 1.82) is 0 Å². The first-order valence-corrected chi connectivity index (χ1v) is 10.7. The van der Waals surface area contributed by atoms with Crippen molar-refractivity contribution in [2.45, 2.75) is 57.9 Å². The molecule has 29 heavy (non-hydrogen) atoms. The van der Waals surface area contributed by atoms with Crippen LogP contribution in [0.15, 0.2) is 53.6 Å². The average molecular weight is 386 g/mol. The van der Waals surface area contributed by atoms with Crippen LogP contribution in [0.5, 0.6) is 0 Å². The highest BCUT2D eigenvalue weighted by molar-refractivity contribution is 5.86. The van der Waals surface area contributed by atoms with Crippen molar-refractivity contribution < 1.29 is 0 Å². The SMILES string of the molecule is CCc1nn2c(ncc3c(=O)n(C4CCCCCC4)ccc32)c1-c1ccccc1. The van der Waals surface area contributed by atoms with Crippen LogP contribution < -0.4 is 5.56 Å². The molecule has 0 spiro atoms. The molecule has 148 valence electrons. The standard InChI is InChI=1S/C24H26N4O/c1-2-20-22(17-10-6-5-7-11-17)23-25-16-19-21(28(23)26-20)14-15-27(24(19)29)18-12-8-3-4-9-13-18/h5-7,10-11,14-16,18H,2-4,8-9,12-13H2,1H3. The van der Waals surface area contributed by atoms with Gasteiger partial charge in [0.1, 0.15) is 0 Å². The molecule has 1 aliphatic rings. The van der Waals surface area contributed by atoms with Gasteiger partial charge in [0.25, 0.3) is 5.56 Å². The molecule has 0 N–H and O–H groups in total. The monoisotopic (exact) mass is 386 g/mol. The molecule has 5 nitrogen and oxygen atoms in total. The van der Waals surface area contributed by atoms with E-state index in [0.717, 1.165) is 47.2 Å². The first-order valence-electron chi connectivity index (χ1n) is 10.7. The van der Waals surface area contributed by atoms with Gasteiger partial charge in [0.15, 0.2) is 5.65 Å². The molecule has 1 saturated carbocycles. The maximum absolute atomic E-state index is 13.3. The van der Waals surface area contributed by atoms with Crippen LogP contribution >= 0.6 is 0 Å². The normalized spacial score (nSPS) is 15.8. The van der Waals surface area contributed by atoms with Crippen LogP contribution in [0.4, 0.5) is 0 Å². The third-order valence-electron chi connectivity index (χ3n) is 6.23. The molecule has 1 aromatic carbocycles. The van der Waals surface area contributed by atoms with Gasteiger partial charge in [-0.15, -0.1) is 0 Å². The lowest BCUT2D eigenvalue weighted by molar-refractivity contribution is 0.434. The van der Waals surface area contributed by atoms with Crippen molar-refractivity contribution in [2.24, 2.45) is 0 Å². The highest BCUT2D eigenvalue weighted by Crippen LogP contribution is 2.30. The first-order chi connectivity index (χ1) is 14.3. The summed E-state index contributed by atoms with van der Waals surface area (Å²) in [5, 5.41) is 5.49. The molecule has 5 heteroatoms. The molecule has 3 heterocycles. The minimum absolute atomic E-state index is 0.0543. The van der Waals surface area contributed by atoms with Crippen molar-refractivity contribution in [3.05, 3.63) is 64.8 Å². The molecule has 0 atom stereocenters. The number of aryl methyl sites for hydroxylation is 1. The zero-order valence-electron chi connectivity index (χ0n) is 16.8. The Morgan fingerprint density at radius 1 is 1.03 bits per heavy atom. The second-order valence-corrected chi connectivity index (χ2v) is 8.01. The number of pyridine rings is 1. The summed E-state index contributed by atoms with van der Waals surface area (Å²) in [6.45, 7) is 2.11. The highest BCUT2D eigenvalue weighted by Gasteiger charge is 2.20. The molecular formula is C24H26N4O. The highest BCUT2D eigenvalue weighted by atomic mass is 16.1. The van der Waals surface area contributed by atoms with Crippen molar-refractivity contribution in [1.82, 2.24) is 19.2 Å². The molecule has 0 bridgehead atoms. The molecule has 0 aliphatic heterocycles. The van der Waals surface area contributed by atoms with Gasteiger partial charge in [0, 0.05) is 24.0 Å². The number of hydrogen-bond donors (Lipinski definition) is 0. The topological polar surface area (TPSA) is 52.2 Å². The van der Waals surface area contributed by atoms with E-state index < -0.39 is 0 Å². The van der Waals surface area contributed by atoms with Crippen LogP contribution in [-0.2, 0) is 6.42 Å². The summed E-state index contributed by atoms with van der Waals surface area (Å²) in [4.78, 5) is 18.0. The Labute approximate surface area is 170 Å². The molecular weight excluding hydrogens is 360 g/mol. The zero-order chi connectivity index (χ0) is 19.8. The Bertz CT molecular complexity index is 1210. The smallest absolute Gasteiger partial charge is 0.261 e. The molecule has 4 aromatic rings. The number of nitrogens with zero attached hydrogens (tertiary/aromatic N) is 4. The summed E-state index contributed by atoms with van der Waals surface area (Å²) >= 11 is 0. The molecule has 3 aromatic heterocycles. The molecule has 1 aliphatic carbocycles. The second-order valence-electron chi connectivity index (χ2n) is 8.01. The van der Waals surface area contributed by atoms with E-state index in [4.69, 9.17) is 10.1 Å². The van der Waals surface area contributed by atoms with Crippen LogP contribution in [-0.4, -0.2) is 19.2 Å². The van der Waals surface area contributed by atoms with E-state index in [-0.39, 0.29) is 5.56 Å². The van der Waals surface area contributed by atoms with E-state index in [0.29, 0.717) is 11.4 Å². The van der Waals surface area contributed by atoms with Crippen LogP contribution in [0.2, 0.25) is 0 Å². The average Bonchev–Trinajstić information content (AvgIpc) is 2.93. The third kappa shape index (κ3) is 3.05. The lowest BCUT2D eigenvalue weighted by Gasteiger charge is -2.18. The Kier molecular flexibility index (Phi) is 4.66. The maximum atomic E-state index is 13.3. The maximum Gasteiger partial charge on any atom is 0.261 e. The van der Waals surface area contributed by atoms with Crippen LogP contribution in [0.1, 0.15) is 57.2 Å². The summed E-state index contributed by atoms with van der Waals surface area (Å²) in [5.74, 6) is 0. The minimum atomic E-state index is 0.0543. The zero-order valence-corrected chi connectivity index (χ0v) is 16.8. The lowest BCUT2D eigenvalue weighted by atomic mass is 10.0. The predicted octanol–water partition coefficient (Wildman–Crippen LogP) is 5.17. The van der Waals surface area contributed by atoms with E-state index in [1.165, 1.54) is 25.7 Å². The molecule has 0 unspecified atom stereocenters. The molecule has 5 rings (SSSR count). The number of benzene rings is 1. The lowest BCUT2D eigenvalue weighted by Crippen LogP contribution is -2.24. The fraction of sp³-hybridized carbons (Fsp3) is 0.375. The summed E-state index contributed by atoms with van der Waals surface area (Å²) in [6.07, 6.45) is 11.6. The molecule has 0 radical (unpaired) electrons.